The van der Waals surface area contributed by atoms with Crippen molar-refractivity contribution in [3.8, 4) is 34.4 Å². The third-order valence-electron chi connectivity index (χ3n) is 7.36. The molecule has 4 aromatic rings. The van der Waals surface area contributed by atoms with E-state index in [0.29, 0.717) is 5.56 Å². The molecule has 0 amide bonds. The van der Waals surface area contributed by atoms with E-state index in [4.69, 9.17) is 19.5 Å². The van der Waals surface area contributed by atoms with Crippen LogP contribution in [0.25, 0.3) is 21.9 Å². The first-order valence-electron chi connectivity index (χ1n) is 15.3. The van der Waals surface area contributed by atoms with Crippen LogP contribution in [0.3, 0.4) is 0 Å². The molecular formula is C37H43NO3. The molecule has 0 saturated heterocycles. The molecule has 0 fully saturated rings. The summed E-state index contributed by atoms with van der Waals surface area (Å²) >= 11 is 0. The lowest BCUT2D eigenvalue weighted by Crippen LogP contribution is -2.00. The summed E-state index contributed by atoms with van der Waals surface area (Å²) in [5, 5.41) is 11.2. The van der Waals surface area contributed by atoms with Gasteiger partial charge in [-0.15, -0.1) is 0 Å². The van der Waals surface area contributed by atoms with Gasteiger partial charge in [0.15, 0.2) is 0 Å². The van der Waals surface area contributed by atoms with Gasteiger partial charge < -0.3 is 14.2 Å². The van der Waals surface area contributed by atoms with Gasteiger partial charge in [-0.1, -0.05) is 100 Å². The third kappa shape index (κ3) is 9.57. The summed E-state index contributed by atoms with van der Waals surface area (Å²) in [4.78, 5) is 0. The first-order valence-corrected chi connectivity index (χ1v) is 15.3. The van der Waals surface area contributed by atoms with Gasteiger partial charge in [0.25, 0.3) is 0 Å². The molecular weight excluding hydrogens is 506 g/mol. The number of unbranched alkanes of at least 4 members (excludes halogenated alkanes) is 8. The molecule has 0 N–H and O–H groups in total. The molecule has 0 aromatic heterocycles. The second-order valence-electron chi connectivity index (χ2n) is 10.5. The van der Waals surface area contributed by atoms with Gasteiger partial charge in [-0.25, -0.2) is 0 Å². The minimum Gasteiger partial charge on any atom is -0.494 e. The van der Waals surface area contributed by atoms with Crippen molar-refractivity contribution in [2.45, 2.75) is 71.1 Å². The number of rotatable bonds is 18. The zero-order chi connectivity index (χ0) is 28.5. The predicted molar refractivity (Wildman–Crippen MR) is 169 cm³/mol. The number of hydrogen-bond acceptors (Lipinski definition) is 4. The highest BCUT2D eigenvalue weighted by Gasteiger charge is 2.07. The molecule has 0 aliphatic carbocycles. The molecule has 0 spiro atoms. The zero-order valence-electron chi connectivity index (χ0n) is 24.4. The zero-order valence-corrected chi connectivity index (χ0v) is 24.4. The monoisotopic (exact) mass is 549 g/mol. The normalized spacial score (nSPS) is 10.8. The Hall–Kier alpha value is -3.97. The molecule has 0 bridgehead atoms. The fourth-order valence-electron chi connectivity index (χ4n) is 4.98. The van der Waals surface area contributed by atoms with Crippen molar-refractivity contribution in [1.82, 2.24) is 0 Å². The van der Waals surface area contributed by atoms with E-state index in [9.17, 15) is 0 Å². The number of fused-ring (bicyclic) bond motifs is 1. The topological polar surface area (TPSA) is 51.5 Å². The summed E-state index contributed by atoms with van der Waals surface area (Å²) in [5.74, 6) is 2.80. The number of nitriles is 1. The number of nitrogens with zero attached hydrogens (tertiary/aromatic N) is 1. The second-order valence-corrected chi connectivity index (χ2v) is 10.5. The van der Waals surface area contributed by atoms with Crippen LogP contribution in [-0.2, 0) is 0 Å². The van der Waals surface area contributed by atoms with Crippen LogP contribution in [-0.4, -0.2) is 19.8 Å². The van der Waals surface area contributed by atoms with Crippen LogP contribution >= 0.6 is 0 Å². The average Bonchev–Trinajstić information content (AvgIpc) is 3.02. The molecule has 0 atom stereocenters. The van der Waals surface area contributed by atoms with Crippen molar-refractivity contribution in [1.29, 1.82) is 5.26 Å². The number of hydrogen-bond donors (Lipinski definition) is 0. The van der Waals surface area contributed by atoms with Gasteiger partial charge in [-0.3, -0.25) is 0 Å². The van der Waals surface area contributed by atoms with E-state index in [2.05, 4.69) is 61.5 Å². The number of benzene rings is 4. The van der Waals surface area contributed by atoms with Gasteiger partial charge in [-0.05, 0) is 66.8 Å². The Bertz CT molecular complexity index is 1360. The fraction of sp³-hybridized carbons (Fsp3) is 0.378. The molecule has 0 aliphatic heterocycles. The smallest absolute Gasteiger partial charge is 0.127 e. The predicted octanol–water partition coefficient (Wildman–Crippen LogP) is 10.1. The summed E-state index contributed by atoms with van der Waals surface area (Å²) in [6.07, 6.45) is 11.7. The Morgan fingerprint density at radius 3 is 1.49 bits per heavy atom. The maximum absolute atomic E-state index is 8.95. The van der Waals surface area contributed by atoms with Gasteiger partial charge in [0.1, 0.15) is 17.2 Å². The molecule has 0 heterocycles. The van der Waals surface area contributed by atoms with Crippen LogP contribution in [0.1, 0.15) is 76.7 Å². The largest absolute Gasteiger partial charge is 0.494 e. The van der Waals surface area contributed by atoms with E-state index in [1.165, 1.54) is 44.9 Å². The van der Waals surface area contributed by atoms with E-state index in [-0.39, 0.29) is 0 Å². The van der Waals surface area contributed by atoms with Crippen molar-refractivity contribution < 1.29 is 14.2 Å². The van der Waals surface area contributed by atoms with E-state index >= 15 is 0 Å². The minimum absolute atomic E-state index is 0.677. The molecule has 4 nitrogen and oxygen atoms in total. The standard InChI is InChI=1S/C37H43NO3/c1-2-3-4-9-27-40-36-16-12-15-35-34(36)14-13-17-37(35)41-28-11-8-6-5-7-10-26-39-33-24-22-32(23-25-33)31-20-18-30(29-38)19-21-31/h12-25H,2-11,26-28H2,1H3. The summed E-state index contributed by atoms with van der Waals surface area (Å²) in [6, 6.07) is 30.5. The Morgan fingerprint density at radius 2 is 0.976 bits per heavy atom. The van der Waals surface area contributed by atoms with Crippen molar-refractivity contribution >= 4 is 10.8 Å². The van der Waals surface area contributed by atoms with Gasteiger partial charge >= 0.3 is 0 Å². The van der Waals surface area contributed by atoms with Crippen molar-refractivity contribution in [2.24, 2.45) is 0 Å². The lowest BCUT2D eigenvalue weighted by molar-refractivity contribution is 0.298. The number of ether oxygens (including phenoxy) is 3. The van der Waals surface area contributed by atoms with Gasteiger partial charge in [0.2, 0.25) is 0 Å². The van der Waals surface area contributed by atoms with Crippen LogP contribution in [0, 0.1) is 11.3 Å². The Kier molecular flexibility index (Phi) is 12.4. The maximum atomic E-state index is 8.95. The summed E-state index contributed by atoms with van der Waals surface area (Å²) in [5.41, 5.74) is 2.90. The Morgan fingerprint density at radius 1 is 0.512 bits per heavy atom. The molecule has 0 radical (unpaired) electrons. The van der Waals surface area contributed by atoms with Crippen LogP contribution in [0.5, 0.6) is 17.2 Å². The van der Waals surface area contributed by atoms with Gasteiger partial charge in [0, 0.05) is 10.8 Å². The Balaban J connectivity index is 1.08. The van der Waals surface area contributed by atoms with Crippen LogP contribution < -0.4 is 14.2 Å². The molecule has 4 rings (SSSR count). The fourth-order valence-corrected chi connectivity index (χ4v) is 4.98. The molecule has 0 unspecified atom stereocenters. The van der Waals surface area contributed by atoms with Crippen molar-refractivity contribution in [3.63, 3.8) is 0 Å². The summed E-state index contributed by atoms with van der Waals surface area (Å²) < 4.78 is 18.2. The van der Waals surface area contributed by atoms with Gasteiger partial charge in [-0.2, -0.15) is 5.26 Å². The lowest BCUT2D eigenvalue weighted by atomic mass is 10.0. The maximum Gasteiger partial charge on any atom is 0.127 e. The highest BCUT2D eigenvalue weighted by Crippen LogP contribution is 2.32. The highest BCUT2D eigenvalue weighted by atomic mass is 16.5. The van der Waals surface area contributed by atoms with E-state index in [1.54, 1.807) is 0 Å². The van der Waals surface area contributed by atoms with Crippen molar-refractivity contribution in [3.05, 3.63) is 90.5 Å². The molecule has 0 aliphatic rings. The lowest BCUT2D eigenvalue weighted by Gasteiger charge is -2.13. The minimum atomic E-state index is 0.677. The van der Waals surface area contributed by atoms with E-state index < -0.39 is 0 Å². The molecule has 41 heavy (non-hydrogen) atoms. The molecule has 0 saturated carbocycles. The molecule has 4 heteroatoms. The second kappa shape index (κ2) is 17.0. The SMILES string of the molecule is CCCCCCOc1cccc2c(OCCCCCCCCOc3ccc(-c4ccc(C#N)cc4)cc3)cccc12. The average molecular weight is 550 g/mol. The molecule has 4 aromatic carbocycles. The quantitative estimate of drug-likeness (QED) is 0.116. The van der Waals surface area contributed by atoms with Crippen LogP contribution in [0.15, 0.2) is 84.9 Å². The summed E-state index contributed by atoms with van der Waals surface area (Å²) in [6.45, 7) is 4.48. The first-order chi connectivity index (χ1) is 20.3. The van der Waals surface area contributed by atoms with Gasteiger partial charge in [0.05, 0.1) is 31.5 Å². The van der Waals surface area contributed by atoms with E-state index in [1.807, 2.05) is 36.4 Å². The molecule has 214 valence electrons. The first kappa shape index (κ1) is 30.0. The van der Waals surface area contributed by atoms with Crippen LogP contribution in [0.2, 0.25) is 0 Å². The third-order valence-corrected chi connectivity index (χ3v) is 7.36. The Labute approximate surface area is 245 Å². The summed E-state index contributed by atoms with van der Waals surface area (Å²) in [7, 11) is 0. The van der Waals surface area contributed by atoms with Crippen LogP contribution in [0.4, 0.5) is 0 Å². The van der Waals surface area contributed by atoms with Crippen molar-refractivity contribution in [2.75, 3.05) is 19.8 Å². The van der Waals surface area contributed by atoms with E-state index in [0.717, 1.165) is 78.2 Å². The highest BCUT2D eigenvalue weighted by molar-refractivity contribution is 5.93.